The van der Waals surface area contributed by atoms with Gasteiger partial charge in [-0.05, 0) is 25.3 Å². The second-order valence-electron chi connectivity index (χ2n) is 4.96. The molecule has 0 bridgehead atoms. The summed E-state index contributed by atoms with van der Waals surface area (Å²) in [4.78, 5) is 1.89. The number of halogens is 1. The molecule has 1 aromatic carbocycles. The first-order chi connectivity index (χ1) is 7.93. The number of hydrogen-bond donors (Lipinski definition) is 1. The van der Waals surface area contributed by atoms with Crippen LogP contribution in [0.2, 0.25) is 0 Å². The van der Waals surface area contributed by atoms with Crippen molar-refractivity contribution in [1.29, 1.82) is 0 Å². The Morgan fingerprint density at radius 2 is 1.94 bits per heavy atom. The Morgan fingerprint density at radius 3 is 2.47 bits per heavy atom. The van der Waals surface area contributed by atoms with Crippen molar-refractivity contribution in [1.82, 2.24) is 0 Å². The Balaban J connectivity index is 2.94. The second kappa shape index (κ2) is 6.01. The number of aliphatic hydroxyl groups excluding tert-OH is 1. The predicted octanol–water partition coefficient (Wildman–Crippen LogP) is 3.36. The van der Waals surface area contributed by atoms with Crippen LogP contribution in [0.25, 0.3) is 0 Å². The summed E-state index contributed by atoms with van der Waals surface area (Å²) in [6.07, 6.45) is 0.353. The van der Waals surface area contributed by atoms with Crippen molar-refractivity contribution in [2.45, 2.75) is 33.3 Å². The lowest BCUT2D eigenvalue weighted by molar-refractivity contribution is 0.199. The van der Waals surface area contributed by atoms with Gasteiger partial charge in [0, 0.05) is 19.2 Å². The number of anilines is 1. The minimum atomic E-state index is -0.651. The zero-order chi connectivity index (χ0) is 13.0. The van der Waals surface area contributed by atoms with Gasteiger partial charge in [0.2, 0.25) is 0 Å². The average molecular weight is 239 g/mol. The van der Waals surface area contributed by atoms with Crippen LogP contribution in [0.5, 0.6) is 0 Å². The van der Waals surface area contributed by atoms with Gasteiger partial charge in [0.05, 0.1) is 11.8 Å². The van der Waals surface area contributed by atoms with E-state index in [-0.39, 0.29) is 5.82 Å². The van der Waals surface area contributed by atoms with Gasteiger partial charge in [-0.25, -0.2) is 4.39 Å². The van der Waals surface area contributed by atoms with Crippen LogP contribution in [0.15, 0.2) is 18.2 Å². The van der Waals surface area contributed by atoms with Crippen LogP contribution in [0, 0.1) is 11.7 Å². The van der Waals surface area contributed by atoms with Crippen molar-refractivity contribution in [3.8, 4) is 0 Å². The Hall–Kier alpha value is -1.09. The van der Waals surface area contributed by atoms with Crippen molar-refractivity contribution in [3.05, 3.63) is 29.6 Å². The fourth-order valence-corrected chi connectivity index (χ4v) is 1.84. The van der Waals surface area contributed by atoms with Crippen molar-refractivity contribution in [2.24, 2.45) is 5.92 Å². The molecule has 2 nitrogen and oxygen atoms in total. The largest absolute Gasteiger partial charge is 0.389 e. The molecule has 1 rings (SSSR count). The third kappa shape index (κ3) is 3.70. The molecule has 0 spiro atoms. The van der Waals surface area contributed by atoms with Crippen LogP contribution in [0.1, 0.15) is 38.9 Å². The minimum Gasteiger partial charge on any atom is -0.389 e. The van der Waals surface area contributed by atoms with E-state index in [9.17, 15) is 9.50 Å². The Bertz CT molecular complexity index is 363. The van der Waals surface area contributed by atoms with E-state index >= 15 is 0 Å². The van der Waals surface area contributed by atoms with Crippen molar-refractivity contribution < 1.29 is 9.50 Å². The molecule has 0 radical (unpaired) electrons. The first-order valence-electron chi connectivity index (χ1n) is 6.11. The summed E-state index contributed by atoms with van der Waals surface area (Å²) in [5.41, 5.74) is 1.17. The summed E-state index contributed by atoms with van der Waals surface area (Å²) in [5, 5.41) is 9.66. The molecule has 1 aromatic rings. The molecular weight excluding hydrogens is 217 g/mol. The van der Waals surface area contributed by atoms with E-state index in [1.807, 2.05) is 11.9 Å². The molecule has 3 heteroatoms. The summed E-state index contributed by atoms with van der Waals surface area (Å²) in [6, 6.07) is 4.85. The third-order valence-electron chi connectivity index (χ3n) is 2.89. The molecule has 0 aliphatic carbocycles. The van der Waals surface area contributed by atoms with Crippen molar-refractivity contribution in [3.63, 3.8) is 0 Å². The summed E-state index contributed by atoms with van der Waals surface area (Å²) in [5.74, 6) is 0.314. The molecule has 17 heavy (non-hydrogen) atoms. The fraction of sp³-hybridized carbons (Fsp3) is 0.571. The standard InChI is InChI=1S/C14H22FNO/c1-10(2)8-9-16(4)14-12(11(3)17)6-5-7-13(14)15/h5-7,10-11,17H,8-9H2,1-4H3/t11-/m1/s1. The average Bonchev–Trinajstić information content (AvgIpc) is 2.25. The minimum absolute atomic E-state index is 0.269. The maximum atomic E-state index is 13.8. The summed E-state index contributed by atoms with van der Waals surface area (Å²) in [7, 11) is 1.87. The molecule has 96 valence electrons. The highest BCUT2D eigenvalue weighted by Crippen LogP contribution is 2.28. The first kappa shape index (κ1) is 14.0. The highest BCUT2D eigenvalue weighted by atomic mass is 19.1. The van der Waals surface area contributed by atoms with E-state index < -0.39 is 6.10 Å². The van der Waals surface area contributed by atoms with Gasteiger partial charge in [0.1, 0.15) is 5.82 Å². The van der Waals surface area contributed by atoms with Gasteiger partial charge in [-0.15, -0.1) is 0 Å². The molecule has 0 heterocycles. The fourth-order valence-electron chi connectivity index (χ4n) is 1.84. The van der Waals surface area contributed by atoms with Gasteiger partial charge in [-0.1, -0.05) is 26.0 Å². The summed E-state index contributed by atoms with van der Waals surface area (Å²) >= 11 is 0. The maximum Gasteiger partial charge on any atom is 0.146 e. The van der Waals surface area contributed by atoms with Crippen LogP contribution >= 0.6 is 0 Å². The number of aliphatic hydroxyl groups is 1. The van der Waals surface area contributed by atoms with Crippen LogP contribution in [-0.2, 0) is 0 Å². The molecule has 0 aliphatic rings. The highest BCUT2D eigenvalue weighted by Gasteiger charge is 2.16. The quantitative estimate of drug-likeness (QED) is 0.851. The molecule has 1 N–H and O–H groups in total. The van der Waals surface area contributed by atoms with Gasteiger partial charge in [-0.3, -0.25) is 0 Å². The number of hydrogen-bond acceptors (Lipinski definition) is 2. The molecule has 0 saturated carbocycles. The van der Waals surface area contributed by atoms with E-state index in [4.69, 9.17) is 0 Å². The lowest BCUT2D eigenvalue weighted by atomic mass is 10.1. The Morgan fingerprint density at radius 1 is 1.29 bits per heavy atom. The number of rotatable bonds is 5. The van der Waals surface area contributed by atoms with Crippen LogP contribution in [0.4, 0.5) is 10.1 Å². The lowest BCUT2D eigenvalue weighted by Gasteiger charge is -2.24. The van der Waals surface area contributed by atoms with E-state index in [1.54, 1.807) is 19.1 Å². The predicted molar refractivity (Wildman–Crippen MR) is 69.8 cm³/mol. The van der Waals surface area contributed by atoms with Crippen LogP contribution < -0.4 is 4.90 Å². The second-order valence-corrected chi connectivity index (χ2v) is 4.96. The number of nitrogens with zero attached hydrogens (tertiary/aromatic N) is 1. The van der Waals surface area contributed by atoms with E-state index in [0.717, 1.165) is 13.0 Å². The Kier molecular flexibility index (Phi) is 4.94. The molecule has 0 aliphatic heterocycles. The lowest BCUT2D eigenvalue weighted by Crippen LogP contribution is -2.23. The van der Waals surface area contributed by atoms with Crippen LogP contribution in [-0.4, -0.2) is 18.7 Å². The monoisotopic (exact) mass is 239 g/mol. The van der Waals surface area contributed by atoms with Gasteiger partial charge >= 0.3 is 0 Å². The topological polar surface area (TPSA) is 23.5 Å². The van der Waals surface area contributed by atoms with Gasteiger partial charge in [0.25, 0.3) is 0 Å². The van der Waals surface area contributed by atoms with E-state index in [2.05, 4.69) is 13.8 Å². The number of para-hydroxylation sites is 1. The van der Waals surface area contributed by atoms with Gasteiger partial charge < -0.3 is 10.0 Å². The highest BCUT2D eigenvalue weighted by molar-refractivity contribution is 5.55. The first-order valence-corrected chi connectivity index (χ1v) is 6.11. The zero-order valence-corrected chi connectivity index (χ0v) is 11.1. The molecule has 0 aromatic heterocycles. The van der Waals surface area contributed by atoms with Crippen molar-refractivity contribution in [2.75, 3.05) is 18.5 Å². The molecule has 1 atom stereocenters. The summed E-state index contributed by atoms with van der Waals surface area (Å²) < 4.78 is 13.8. The maximum absolute atomic E-state index is 13.8. The third-order valence-corrected chi connectivity index (χ3v) is 2.89. The van der Waals surface area contributed by atoms with Gasteiger partial charge in [0.15, 0.2) is 0 Å². The molecule has 0 saturated heterocycles. The molecular formula is C14H22FNO. The van der Waals surface area contributed by atoms with Crippen LogP contribution in [0.3, 0.4) is 0 Å². The smallest absolute Gasteiger partial charge is 0.146 e. The molecule has 0 fully saturated rings. The SMILES string of the molecule is CC(C)CCN(C)c1c(F)cccc1[C@@H](C)O. The molecule has 0 amide bonds. The Labute approximate surface area is 103 Å². The zero-order valence-electron chi connectivity index (χ0n) is 11.1. The number of benzene rings is 1. The van der Waals surface area contributed by atoms with E-state index in [0.29, 0.717) is 17.2 Å². The normalized spacial score (nSPS) is 12.9. The summed E-state index contributed by atoms with van der Waals surface area (Å²) in [6.45, 7) is 6.74. The molecule has 0 unspecified atom stereocenters. The van der Waals surface area contributed by atoms with Crippen molar-refractivity contribution >= 4 is 5.69 Å². The van der Waals surface area contributed by atoms with Gasteiger partial charge in [-0.2, -0.15) is 0 Å². The van der Waals surface area contributed by atoms with E-state index in [1.165, 1.54) is 6.07 Å².